The van der Waals surface area contributed by atoms with Gasteiger partial charge >= 0.3 is 0 Å². The van der Waals surface area contributed by atoms with Crippen molar-refractivity contribution in [2.75, 3.05) is 5.73 Å². The van der Waals surface area contributed by atoms with Crippen LogP contribution in [0.2, 0.25) is 5.02 Å². The van der Waals surface area contributed by atoms with Crippen LogP contribution in [0, 0.1) is 5.82 Å². The topological polar surface area (TPSA) is 26.0 Å². The Labute approximate surface area is 98.7 Å². The van der Waals surface area contributed by atoms with Crippen molar-refractivity contribution in [3.05, 3.63) is 64.4 Å². The zero-order valence-corrected chi connectivity index (χ0v) is 9.34. The third-order valence-electron chi connectivity index (χ3n) is 2.41. The molecule has 3 heteroatoms. The fourth-order valence-electron chi connectivity index (χ4n) is 1.55. The molecule has 0 aliphatic carbocycles. The van der Waals surface area contributed by atoms with Crippen LogP contribution in [0.5, 0.6) is 0 Å². The molecule has 0 aromatic heterocycles. The Morgan fingerprint density at radius 2 is 1.75 bits per heavy atom. The van der Waals surface area contributed by atoms with E-state index in [4.69, 9.17) is 17.3 Å². The zero-order chi connectivity index (χ0) is 11.5. The molecule has 2 aromatic carbocycles. The Morgan fingerprint density at radius 3 is 2.44 bits per heavy atom. The van der Waals surface area contributed by atoms with Crippen LogP contribution in [-0.4, -0.2) is 0 Å². The SMILES string of the molecule is Nc1ccc(Cl)cc1Cc1ccc(F)cc1. The van der Waals surface area contributed by atoms with Crippen molar-refractivity contribution >= 4 is 17.3 Å². The van der Waals surface area contributed by atoms with Crippen molar-refractivity contribution in [3.63, 3.8) is 0 Å². The Balaban J connectivity index is 2.26. The lowest BCUT2D eigenvalue weighted by Crippen LogP contribution is -1.95. The van der Waals surface area contributed by atoms with Gasteiger partial charge in [-0.1, -0.05) is 23.7 Å². The molecule has 0 fully saturated rings. The molecule has 2 rings (SSSR count). The number of hydrogen-bond donors (Lipinski definition) is 1. The molecular formula is C13H11ClFN. The molecule has 0 aliphatic rings. The number of benzene rings is 2. The molecule has 0 amide bonds. The monoisotopic (exact) mass is 235 g/mol. The zero-order valence-electron chi connectivity index (χ0n) is 8.58. The first-order valence-corrected chi connectivity index (χ1v) is 5.31. The summed E-state index contributed by atoms with van der Waals surface area (Å²) in [5.41, 5.74) is 8.50. The number of hydrogen-bond acceptors (Lipinski definition) is 1. The van der Waals surface area contributed by atoms with E-state index in [0.717, 1.165) is 11.1 Å². The van der Waals surface area contributed by atoms with Crippen LogP contribution < -0.4 is 5.73 Å². The van der Waals surface area contributed by atoms with Gasteiger partial charge in [0.05, 0.1) is 0 Å². The maximum Gasteiger partial charge on any atom is 0.123 e. The van der Waals surface area contributed by atoms with Crippen LogP contribution in [-0.2, 0) is 6.42 Å². The van der Waals surface area contributed by atoms with Gasteiger partial charge in [-0.05, 0) is 47.9 Å². The fourth-order valence-corrected chi connectivity index (χ4v) is 1.74. The van der Waals surface area contributed by atoms with Crippen LogP contribution in [0.1, 0.15) is 11.1 Å². The van der Waals surface area contributed by atoms with Gasteiger partial charge < -0.3 is 5.73 Å². The average Bonchev–Trinajstić information content (AvgIpc) is 2.27. The first-order valence-electron chi connectivity index (χ1n) is 4.93. The molecule has 0 aliphatic heterocycles. The van der Waals surface area contributed by atoms with E-state index in [0.29, 0.717) is 17.1 Å². The molecule has 0 atom stereocenters. The minimum Gasteiger partial charge on any atom is -0.398 e. The summed E-state index contributed by atoms with van der Waals surface area (Å²) in [4.78, 5) is 0. The van der Waals surface area contributed by atoms with E-state index < -0.39 is 0 Å². The van der Waals surface area contributed by atoms with Gasteiger partial charge in [-0.25, -0.2) is 4.39 Å². The smallest absolute Gasteiger partial charge is 0.123 e. The lowest BCUT2D eigenvalue weighted by molar-refractivity contribution is 0.627. The Hall–Kier alpha value is -1.54. The second kappa shape index (κ2) is 4.54. The largest absolute Gasteiger partial charge is 0.398 e. The lowest BCUT2D eigenvalue weighted by atomic mass is 10.0. The molecule has 0 saturated heterocycles. The predicted molar refractivity (Wildman–Crippen MR) is 65.1 cm³/mol. The third kappa shape index (κ3) is 2.52. The average molecular weight is 236 g/mol. The van der Waals surface area contributed by atoms with Gasteiger partial charge in [0.2, 0.25) is 0 Å². The molecule has 0 unspecified atom stereocenters. The van der Waals surface area contributed by atoms with E-state index in [9.17, 15) is 4.39 Å². The van der Waals surface area contributed by atoms with Gasteiger partial charge in [-0.15, -0.1) is 0 Å². The van der Waals surface area contributed by atoms with E-state index in [1.807, 2.05) is 6.07 Å². The van der Waals surface area contributed by atoms with Gasteiger partial charge in [-0.3, -0.25) is 0 Å². The van der Waals surface area contributed by atoms with Crippen molar-refractivity contribution < 1.29 is 4.39 Å². The van der Waals surface area contributed by atoms with Crippen LogP contribution >= 0.6 is 11.6 Å². The minimum atomic E-state index is -0.234. The number of nitrogen functional groups attached to an aromatic ring is 1. The highest BCUT2D eigenvalue weighted by atomic mass is 35.5. The van der Waals surface area contributed by atoms with Crippen molar-refractivity contribution in [1.29, 1.82) is 0 Å². The van der Waals surface area contributed by atoms with Gasteiger partial charge in [-0.2, -0.15) is 0 Å². The summed E-state index contributed by atoms with van der Waals surface area (Å²) in [5, 5.41) is 0.659. The molecule has 16 heavy (non-hydrogen) atoms. The van der Waals surface area contributed by atoms with Crippen molar-refractivity contribution in [1.82, 2.24) is 0 Å². The fraction of sp³-hybridized carbons (Fsp3) is 0.0769. The number of rotatable bonds is 2. The van der Waals surface area contributed by atoms with Crippen LogP contribution in [0.15, 0.2) is 42.5 Å². The highest BCUT2D eigenvalue weighted by Gasteiger charge is 2.02. The van der Waals surface area contributed by atoms with Crippen molar-refractivity contribution in [2.45, 2.75) is 6.42 Å². The number of nitrogens with two attached hydrogens (primary N) is 1. The van der Waals surface area contributed by atoms with E-state index in [-0.39, 0.29) is 5.82 Å². The predicted octanol–water partition coefficient (Wildman–Crippen LogP) is 3.65. The minimum absolute atomic E-state index is 0.234. The summed E-state index contributed by atoms with van der Waals surface area (Å²) in [6, 6.07) is 11.7. The summed E-state index contributed by atoms with van der Waals surface area (Å²) in [6.45, 7) is 0. The van der Waals surface area contributed by atoms with Crippen molar-refractivity contribution in [2.24, 2.45) is 0 Å². The highest BCUT2D eigenvalue weighted by molar-refractivity contribution is 6.30. The molecule has 0 heterocycles. The molecule has 0 bridgehead atoms. The molecule has 2 N–H and O–H groups in total. The molecule has 82 valence electrons. The molecule has 0 spiro atoms. The van der Waals surface area contributed by atoms with Gasteiger partial charge in [0.25, 0.3) is 0 Å². The first-order chi connectivity index (χ1) is 7.65. The molecule has 2 aromatic rings. The normalized spacial score (nSPS) is 10.4. The Morgan fingerprint density at radius 1 is 1.06 bits per heavy atom. The second-order valence-corrected chi connectivity index (χ2v) is 4.08. The summed E-state index contributed by atoms with van der Waals surface area (Å²) < 4.78 is 12.7. The van der Waals surface area contributed by atoms with Gasteiger partial charge in [0, 0.05) is 10.7 Å². The van der Waals surface area contributed by atoms with Crippen LogP contribution in [0.3, 0.4) is 0 Å². The van der Waals surface area contributed by atoms with Gasteiger partial charge in [0.15, 0.2) is 0 Å². The van der Waals surface area contributed by atoms with Crippen molar-refractivity contribution in [3.8, 4) is 0 Å². The summed E-state index contributed by atoms with van der Waals surface area (Å²) in [7, 11) is 0. The molecule has 1 nitrogen and oxygen atoms in total. The Bertz CT molecular complexity index is 494. The lowest BCUT2D eigenvalue weighted by Gasteiger charge is -2.06. The summed E-state index contributed by atoms with van der Waals surface area (Å²) in [5.74, 6) is -0.234. The second-order valence-electron chi connectivity index (χ2n) is 3.65. The standard InChI is InChI=1S/C13H11ClFN/c14-11-3-6-13(16)10(8-11)7-9-1-4-12(15)5-2-9/h1-6,8H,7,16H2. The van der Waals surface area contributed by atoms with E-state index in [1.54, 1.807) is 24.3 Å². The molecule has 0 saturated carbocycles. The summed E-state index contributed by atoms with van der Waals surface area (Å²) >= 11 is 5.89. The first kappa shape index (κ1) is 11.0. The van der Waals surface area contributed by atoms with Crippen LogP contribution in [0.25, 0.3) is 0 Å². The number of anilines is 1. The Kier molecular flexibility index (Phi) is 3.11. The van der Waals surface area contributed by atoms with Gasteiger partial charge in [0.1, 0.15) is 5.82 Å². The van der Waals surface area contributed by atoms with E-state index in [2.05, 4.69) is 0 Å². The molecular weight excluding hydrogens is 225 g/mol. The van der Waals surface area contributed by atoms with E-state index in [1.165, 1.54) is 12.1 Å². The highest BCUT2D eigenvalue weighted by Crippen LogP contribution is 2.21. The third-order valence-corrected chi connectivity index (χ3v) is 2.65. The van der Waals surface area contributed by atoms with Crippen LogP contribution in [0.4, 0.5) is 10.1 Å². The summed E-state index contributed by atoms with van der Waals surface area (Å²) in [6.07, 6.45) is 0.659. The number of halogens is 2. The quantitative estimate of drug-likeness (QED) is 0.790. The van der Waals surface area contributed by atoms with E-state index >= 15 is 0 Å². The maximum atomic E-state index is 12.7. The maximum absolute atomic E-state index is 12.7. The molecule has 0 radical (unpaired) electrons.